The monoisotopic (exact) mass is 553 g/mol. The van der Waals surface area contributed by atoms with Gasteiger partial charge < -0.3 is 24.4 Å². The minimum atomic E-state index is -3.91. The topological polar surface area (TPSA) is 106 Å². The third kappa shape index (κ3) is 7.29. The van der Waals surface area contributed by atoms with Crippen molar-refractivity contribution in [2.24, 2.45) is 5.92 Å². The predicted octanol–water partition coefficient (Wildman–Crippen LogP) is 4.37. The quantitative estimate of drug-likeness (QED) is 0.467. The first kappa shape index (κ1) is 28.4. The molecule has 0 bridgehead atoms. The largest absolute Gasteiger partial charge is 0.491 e. The van der Waals surface area contributed by atoms with Crippen molar-refractivity contribution in [2.45, 2.75) is 30.9 Å². The summed E-state index contributed by atoms with van der Waals surface area (Å²) in [4.78, 5) is 15.0. The molecule has 208 valence electrons. The Morgan fingerprint density at radius 3 is 2.38 bits per heavy atom. The maximum Gasteiger partial charge on any atom is 0.261 e. The first-order valence-corrected chi connectivity index (χ1v) is 14.3. The van der Waals surface area contributed by atoms with E-state index >= 15 is 0 Å². The molecule has 9 nitrogen and oxygen atoms in total. The van der Waals surface area contributed by atoms with Crippen molar-refractivity contribution in [3.8, 4) is 17.2 Å². The maximum absolute atomic E-state index is 13.3. The van der Waals surface area contributed by atoms with Gasteiger partial charge in [0.05, 0.1) is 22.3 Å². The number of carbonyl (C=O) groups is 1. The van der Waals surface area contributed by atoms with Gasteiger partial charge in [0.1, 0.15) is 23.9 Å². The molecule has 1 aliphatic rings. The molecule has 0 aliphatic carbocycles. The molecule has 3 atom stereocenters. The second-order valence-corrected chi connectivity index (χ2v) is 11.4. The normalized spacial score (nSPS) is 20.7. The first-order valence-electron chi connectivity index (χ1n) is 12.8. The van der Waals surface area contributed by atoms with Crippen molar-refractivity contribution >= 4 is 21.6 Å². The van der Waals surface area contributed by atoms with Crippen LogP contribution in [0.3, 0.4) is 0 Å². The van der Waals surface area contributed by atoms with E-state index < -0.39 is 10.0 Å². The van der Waals surface area contributed by atoms with Crippen molar-refractivity contribution in [3.05, 3.63) is 78.4 Å². The highest BCUT2D eigenvalue weighted by molar-refractivity contribution is 7.92. The standard InChI is InChI=1S/C29H35N3O6S/c1-20-17-30-21(2)19-37-27-16-22(10-15-26(27)29(33)32(3)18-28(20)36-4)31-39(34,35)25-13-11-24(12-14-25)38-23-8-6-5-7-9-23/h5-16,20-21,28,30-31H,17-19H2,1-4H3/t20-,21+,28-/m0/s1. The molecule has 1 amide bonds. The first-order chi connectivity index (χ1) is 18.7. The molecule has 0 saturated carbocycles. The van der Waals surface area contributed by atoms with Crippen LogP contribution in [0.4, 0.5) is 5.69 Å². The lowest BCUT2D eigenvalue weighted by Crippen LogP contribution is -2.44. The van der Waals surface area contributed by atoms with E-state index in [0.717, 1.165) is 0 Å². The predicted molar refractivity (Wildman–Crippen MR) is 150 cm³/mol. The molecule has 0 radical (unpaired) electrons. The number of hydrogen-bond donors (Lipinski definition) is 2. The molecule has 0 spiro atoms. The van der Waals surface area contributed by atoms with Crippen molar-refractivity contribution in [2.75, 3.05) is 38.6 Å². The number of anilines is 1. The average Bonchev–Trinajstić information content (AvgIpc) is 2.93. The van der Waals surface area contributed by atoms with E-state index in [0.29, 0.717) is 42.5 Å². The van der Waals surface area contributed by atoms with Crippen LogP contribution < -0.4 is 19.5 Å². The van der Waals surface area contributed by atoms with Gasteiger partial charge in [0.2, 0.25) is 0 Å². The summed E-state index contributed by atoms with van der Waals surface area (Å²) >= 11 is 0. The van der Waals surface area contributed by atoms with Crippen LogP contribution in [-0.4, -0.2) is 65.2 Å². The molecule has 10 heteroatoms. The Labute approximate surface area is 230 Å². The molecule has 1 heterocycles. The van der Waals surface area contributed by atoms with Crippen LogP contribution in [0.15, 0.2) is 77.7 Å². The number of fused-ring (bicyclic) bond motifs is 1. The SMILES string of the molecule is CO[C@H]1CN(C)C(=O)c2ccc(NS(=O)(=O)c3ccc(Oc4ccccc4)cc3)cc2OC[C@@H](C)NC[C@@H]1C. The molecule has 3 aromatic carbocycles. The second kappa shape index (κ2) is 12.5. The van der Waals surface area contributed by atoms with Gasteiger partial charge in [0.25, 0.3) is 15.9 Å². The van der Waals surface area contributed by atoms with Crippen LogP contribution in [0.2, 0.25) is 0 Å². The Hall–Kier alpha value is -3.60. The summed E-state index contributed by atoms with van der Waals surface area (Å²) in [6.45, 7) is 5.48. The molecular weight excluding hydrogens is 518 g/mol. The van der Waals surface area contributed by atoms with Crippen molar-refractivity contribution in [1.29, 1.82) is 0 Å². The van der Waals surface area contributed by atoms with Gasteiger partial charge in [0.15, 0.2) is 0 Å². The molecule has 2 N–H and O–H groups in total. The number of benzene rings is 3. The van der Waals surface area contributed by atoms with E-state index in [1.165, 1.54) is 12.1 Å². The number of sulfonamides is 1. The van der Waals surface area contributed by atoms with Crippen LogP contribution >= 0.6 is 0 Å². The number of para-hydroxylation sites is 1. The number of ether oxygens (including phenoxy) is 3. The lowest BCUT2D eigenvalue weighted by molar-refractivity contribution is 0.0281. The minimum absolute atomic E-state index is 0.00188. The molecule has 1 aliphatic heterocycles. The number of likely N-dealkylation sites (N-methyl/N-ethyl adjacent to an activating group) is 1. The smallest absolute Gasteiger partial charge is 0.261 e. The summed E-state index contributed by atoms with van der Waals surface area (Å²) in [5.41, 5.74) is 0.628. The summed E-state index contributed by atoms with van der Waals surface area (Å²) in [7, 11) is -0.543. The highest BCUT2D eigenvalue weighted by atomic mass is 32.2. The van der Waals surface area contributed by atoms with Crippen LogP contribution in [0, 0.1) is 5.92 Å². The zero-order valence-corrected chi connectivity index (χ0v) is 23.4. The fraction of sp³-hybridized carbons (Fsp3) is 0.345. The number of nitrogens with one attached hydrogen (secondary N) is 2. The number of nitrogens with zero attached hydrogens (tertiary/aromatic N) is 1. The Morgan fingerprint density at radius 2 is 1.69 bits per heavy atom. The summed E-state index contributed by atoms with van der Waals surface area (Å²) in [6.07, 6.45) is -0.141. The molecular formula is C29H35N3O6S. The average molecular weight is 554 g/mol. The highest BCUT2D eigenvalue weighted by Crippen LogP contribution is 2.28. The van der Waals surface area contributed by atoms with E-state index in [2.05, 4.69) is 17.0 Å². The van der Waals surface area contributed by atoms with Crippen LogP contribution in [0.25, 0.3) is 0 Å². The molecule has 0 aromatic heterocycles. The highest BCUT2D eigenvalue weighted by Gasteiger charge is 2.26. The summed E-state index contributed by atoms with van der Waals surface area (Å²) in [5.74, 6) is 1.42. The Kier molecular flexibility index (Phi) is 9.11. The fourth-order valence-corrected chi connectivity index (χ4v) is 5.29. The van der Waals surface area contributed by atoms with Gasteiger partial charge in [-0.25, -0.2) is 8.42 Å². The Balaban J connectivity index is 1.54. The van der Waals surface area contributed by atoms with E-state index in [9.17, 15) is 13.2 Å². The summed E-state index contributed by atoms with van der Waals surface area (Å²) in [6, 6.07) is 20.1. The number of hydrogen-bond acceptors (Lipinski definition) is 7. The zero-order chi connectivity index (χ0) is 28.0. The lowest BCUT2D eigenvalue weighted by Gasteiger charge is -2.30. The zero-order valence-electron chi connectivity index (χ0n) is 22.6. The second-order valence-electron chi connectivity index (χ2n) is 9.76. The van der Waals surface area contributed by atoms with Crippen molar-refractivity contribution < 1.29 is 27.4 Å². The van der Waals surface area contributed by atoms with Gasteiger partial charge in [-0.05, 0) is 61.4 Å². The number of amides is 1. The van der Waals surface area contributed by atoms with E-state index in [4.69, 9.17) is 14.2 Å². The number of methoxy groups -OCH3 is 1. The summed E-state index contributed by atoms with van der Waals surface area (Å²) < 4.78 is 46.3. The van der Waals surface area contributed by atoms with Crippen LogP contribution in [-0.2, 0) is 14.8 Å². The van der Waals surface area contributed by atoms with Gasteiger partial charge in [-0.3, -0.25) is 9.52 Å². The molecule has 0 saturated heterocycles. The lowest BCUT2D eigenvalue weighted by atomic mass is 10.0. The third-order valence-electron chi connectivity index (χ3n) is 6.59. The number of rotatable bonds is 6. The Bertz CT molecular complexity index is 1370. The molecule has 0 fully saturated rings. The molecule has 39 heavy (non-hydrogen) atoms. The van der Waals surface area contributed by atoms with E-state index in [-0.39, 0.29) is 34.6 Å². The van der Waals surface area contributed by atoms with Crippen molar-refractivity contribution in [1.82, 2.24) is 10.2 Å². The molecule has 4 rings (SSSR count). The third-order valence-corrected chi connectivity index (χ3v) is 7.99. The number of carbonyl (C=O) groups excluding carboxylic acids is 1. The summed E-state index contributed by atoms with van der Waals surface area (Å²) in [5, 5.41) is 3.44. The van der Waals surface area contributed by atoms with E-state index in [1.54, 1.807) is 49.4 Å². The molecule has 3 aromatic rings. The van der Waals surface area contributed by atoms with Crippen LogP contribution in [0.5, 0.6) is 17.2 Å². The fourth-order valence-electron chi connectivity index (χ4n) is 4.24. The minimum Gasteiger partial charge on any atom is -0.491 e. The van der Waals surface area contributed by atoms with Gasteiger partial charge >= 0.3 is 0 Å². The van der Waals surface area contributed by atoms with Crippen LogP contribution in [0.1, 0.15) is 24.2 Å². The van der Waals surface area contributed by atoms with E-state index in [1.807, 2.05) is 37.3 Å². The van der Waals surface area contributed by atoms with Gasteiger partial charge in [-0.15, -0.1) is 0 Å². The Morgan fingerprint density at radius 1 is 1.00 bits per heavy atom. The van der Waals surface area contributed by atoms with Gasteiger partial charge in [0, 0.05) is 39.4 Å². The van der Waals surface area contributed by atoms with Crippen molar-refractivity contribution in [3.63, 3.8) is 0 Å². The van der Waals surface area contributed by atoms with Gasteiger partial charge in [-0.2, -0.15) is 0 Å². The maximum atomic E-state index is 13.3. The molecule has 0 unspecified atom stereocenters. The van der Waals surface area contributed by atoms with Gasteiger partial charge in [-0.1, -0.05) is 25.1 Å².